The third-order valence-corrected chi connectivity index (χ3v) is 1.86. The van der Waals surface area contributed by atoms with Crippen LogP contribution in [0.2, 0.25) is 0 Å². The first-order valence-corrected chi connectivity index (χ1v) is 3.88. The molecule has 0 atom stereocenters. The summed E-state index contributed by atoms with van der Waals surface area (Å²) < 4.78 is 0. The molecule has 0 unspecified atom stereocenters. The van der Waals surface area contributed by atoms with Gasteiger partial charge < -0.3 is 0 Å². The van der Waals surface area contributed by atoms with E-state index in [1.165, 1.54) is 5.56 Å². The Morgan fingerprint density at radius 2 is 2.25 bits per heavy atom. The lowest BCUT2D eigenvalue weighted by Crippen LogP contribution is -1.84. The Morgan fingerprint density at radius 3 is 3.08 bits per heavy atom. The molecule has 0 amide bonds. The monoisotopic (exact) mass is 157 g/mol. The second-order valence-electron chi connectivity index (χ2n) is 2.67. The van der Waals surface area contributed by atoms with Crippen LogP contribution in [0.1, 0.15) is 5.56 Å². The van der Waals surface area contributed by atoms with E-state index in [0.29, 0.717) is 0 Å². The summed E-state index contributed by atoms with van der Waals surface area (Å²) in [6.45, 7) is 3.82. The molecule has 59 valence electrons. The number of hydrogen-bond acceptors (Lipinski definition) is 2. The van der Waals surface area contributed by atoms with Gasteiger partial charge in [0.25, 0.3) is 0 Å². The molecule has 1 aromatic carbocycles. The van der Waals surface area contributed by atoms with Crippen LogP contribution >= 0.6 is 0 Å². The topological polar surface area (TPSA) is 25.8 Å². The van der Waals surface area contributed by atoms with Crippen molar-refractivity contribution in [1.82, 2.24) is 9.97 Å². The third-order valence-electron chi connectivity index (χ3n) is 1.86. The molecular formula is C10H9N2. The Hall–Kier alpha value is -1.44. The zero-order valence-electron chi connectivity index (χ0n) is 6.70. The van der Waals surface area contributed by atoms with Crippen molar-refractivity contribution in [3.8, 4) is 0 Å². The van der Waals surface area contributed by atoms with Crippen LogP contribution in [0.4, 0.5) is 0 Å². The van der Waals surface area contributed by atoms with Gasteiger partial charge in [0.15, 0.2) is 0 Å². The first-order chi connectivity index (χ1) is 5.90. The molecule has 1 radical (unpaired) electrons. The normalized spacial score (nSPS) is 10.4. The number of nitrogens with zero attached hydrogens (tertiary/aromatic N) is 2. The summed E-state index contributed by atoms with van der Waals surface area (Å²) >= 11 is 0. The lowest BCUT2D eigenvalue weighted by atomic mass is 10.1. The minimum absolute atomic E-state index is 0.805. The molecule has 2 rings (SSSR count). The molecule has 0 saturated heterocycles. The molecule has 1 heterocycles. The van der Waals surface area contributed by atoms with E-state index >= 15 is 0 Å². The fourth-order valence-electron chi connectivity index (χ4n) is 1.17. The van der Waals surface area contributed by atoms with E-state index in [1.807, 2.05) is 18.3 Å². The van der Waals surface area contributed by atoms with Crippen LogP contribution in [0.3, 0.4) is 0 Å². The van der Waals surface area contributed by atoms with E-state index in [2.05, 4.69) is 23.0 Å². The smallest absolute Gasteiger partial charge is 0.116 e. The maximum atomic E-state index is 4.15. The molecule has 0 N–H and O–H groups in total. The maximum absolute atomic E-state index is 4.15. The predicted molar refractivity (Wildman–Crippen MR) is 48.6 cm³/mol. The maximum Gasteiger partial charge on any atom is 0.116 e. The van der Waals surface area contributed by atoms with Crippen LogP contribution in [0.5, 0.6) is 0 Å². The van der Waals surface area contributed by atoms with Crippen LogP contribution in [0, 0.1) is 6.92 Å². The molecule has 0 aliphatic heterocycles. The van der Waals surface area contributed by atoms with Gasteiger partial charge in [0, 0.05) is 11.6 Å². The number of rotatable bonds is 1. The number of benzene rings is 1. The first kappa shape index (κ1) is 7.22. The molecule has 0 fully saturated rings. The summed E-state index contributed by atoms with van der Waals surface area (Å²) in [4.78, 5) is 8.09. The van der Waals surface area contributed by atoms with Gasteiger partial charge in [-0.05, 0) is 25.0 Å². The highest BCUT2D eigenvalue weighted by Gasteiger charge is 1.94. The van der Waals surface area contributed by atoms with Crippen LogP contribution in [-0.2, 0) is 6.42 Å². The van der Waals surface area contributed by atoms with Gasteiger partial charge in [-0.1, -0.05) is 12.1 Å². The van der Waals surface area contributed by atoms with E-state index in [-0.39, 0.29) is 0 Å². The van der Waals surface area contributed by atoms with Crippen molar-refractivity contribution in [3.63, 3.8) is 0 Å². The number of hydrogen-bond donors (Lipinski definition) is 0. The zero-order valence-corrected chi connectivity index (χ0v) is 6.70. The van der Waals surface area contributed by atoms with Gasteiger partial charge in [-0.3, -0.25) is 0 Å². The Balaban J connectivity index is 2.67. The molecule has 2 aromatic rings. The van der Waals surface area contributed by atoms with Gasteiger partial charge in [-0.2, -0.15) is 0 Å². The Kier molecular flexibility index (Phi) is 1.74. The van der Waals surface area contributed by atoms with Crippen molar-refractivity contribution in [2.75, 3.05) is 0 Å². The van der Waals surface area contributed by atoms with E-state index in [4.69, 9.17) is 0 Å². The van der Waals surface area contributed by atoms with E-state index in [0.717, 1.165) is 17.3 Å². The Labute approximate surface area is 71.3 Å². The third kappa shape index (κ3) is 1.16. The summed E-state index contributed by atoms with van der Waals surface area (Å²) in [5.41, 5.74) is 2.20. The average Bonchev–Trinajstić information content (AvgIpc) is 2.17. The number of fused-ring (bicyclic) bond motifs is 1. The fraction of sp³-hybridized carbons (Fsp3) is 0.100. The second kappa shape index (κ2) is 2.89. The van der Waals surface area contributed by atoms with Gasteiger partial charge in [-0.15, -0.1) is 0 Å². The summed E-state index contributed by atoms with van der Waals surface area (Å²) in [6, 6.07) is 6.12. The van der Waals surface area contributed by atoms with Gasteiger partial charge in [0.2, 0.25) is 0 Å². The summed E-state index contributed by atoms with van der Waals surface area (Å²) in [7, 11) is 0. The minimum Gasteiger partial charge on any atom is -0.244 e. The van der Waals surface area contributed by atoms with Crippen molar-refractivity contribution in [1.29, 1.82) is 0 Å². The average molecular weight is 157 g/mol. The highest BCUT2D eigenvalue weighted by Crippen LogP contribution is 2.11. The van der Waals surface area contributed by atoms with Crippen LogP contribution in [0.15, 0.2) is 30.7 Å². The van der Waals surface area contributed by atoms with Crippen molar-refractivity contribution in [3.05, 3.63) is 43.2 Å². The van der Waals surface area contributed by atoms with Gasteiger partial charge >= 0.3 is 0 Å². The SMILES string of the molecule is [CH2]Cc1ccc2cncnc2c1. The molecule has 0 aliphatic rings. The molecule has 2 nitrogen and oxygen atoms in total. The van der Waals surface area contributed by atoms with Crippen LogP contribution in [-0.4, -0.2) is 9.97 Å². The summed E-state index contributed by atoms with van der Waals surface area (Å²) in [5.74, 6) is 0. The molecule has 2 heteroatoms. The molecule has 0 aliphatic carbocycles. The molecule has 0 bridgehead atoms. The van der Waals surface area contributed by atoms with Crippen molar-refractivity contribution in [2.24, 2.45) is 0 Å². The standard InChI is InChI=1S/C10H9N2/c1-2-8-3-4-9-6-11-7-12-10(9)5-8/h3-7H,1-2H2. The van der Waals surface area contributed by atoms with Gasteiger partial charge in [-0.25, -0.2) is 9.97 Å². The van der Waals surface area contributed by atoms with Crippen molar-refractivity contribution < 1.29 is 0 Å². The number of aromatic nitrogens is 2. The van der Waals surface area contributed by atoms with Crippen molar-refractivity contribution >= 4 is 10.9 Å². The van der Waals surface area contributed by atoms with Crippen LogP contribution < -0.4 is 0 Å². The highest BCUT2D eigenvalue weighted by atomic mass is 14.8. The lowest BCUT2D eigenvalue weighted by molar-refractivity contribution is 1.21. The molecule has 12 heavy (non-hydrogen) atoms. The van der Waals surface area contributed by atoms with E-state index in [9.17, 15) is 0 Å². The summed E-state index contributed by atoms with van der Waals surface area (Å²) in [5, 5.41) is 1.08. The van der Waals surface area contributed by atoms with Crippen molar-refractivity contribution in [2.45, 2.75) is 6.42 Å². The molecule has 1 aromatic heterocycles. The zero-order chi connectivity index (χ0) is 8.39. The molecule has 0 spiro atoms. The highest BCUT2D eigenvalue weighted by molar-refractivity contribution is 5.77. The minimum atomic E-state index is 0.805. The largest absolute Gasteiger partial charge is 0.244 e. The Bertz CT molecular complexity index is 396. The van der Waals surface area contributed by atoms with E-state index < -0.39 is 0 Å². The Morgan fingerprint density at radius 1 is 1.33 bits per heavy atom. The second-order valence-corrected chi connectivity index (χ2v) is 2.67. The fourth-order valence-corrected chi connectivity index (χ4v) is 1.17. The van der Waals surface area contributed by atoms with Crippen LogP contribution in [0.25, 0.3) is 10.9 Å². The van der Waals surface area contributed by atoms with E-state index in [1.54, 1.807) is 6.33 Å². The predicted octanol–water partition coefficient (Wildman–Crippen LogP) is 2.01. The molecule has 0 saturated carbocycles. The summed E-state index contributed by atoms with van der Waals surface area (Å²) in [6.07, 6.45) is 4.18. The lowest BCUT2D eigenvalue weighted by Gasteiger charge is -1.98. The van der Waals surface area contributed by atoms with Gasteiger partial charge in [0.05, 0.1) is 5.52 Å². The quantitative estimate of drug-likeness (QED) is 0.632. The van der Waals surface area contributed by atoms with Gasteiger partial charge in [0.1, 0.15) is 6.33 Å². The first-order valence-electron chi connectivity index (χ1n) is 3.88. The molecular weight excluding hydrogens is 148 g/mol.